The lowest BCUT2D eigenvalue weighted by Gasteiger charge is -2.38. The fraction of sp³-hybridized carbons (Fsp3) is 0.273. The fourth-order valence-electron chi connectivity index (χ4n) is 3.68. The Morgan fingerprint density at radius 1 is 1.11 bits per heavy atom. The van der Waals surface area contributed by atoms with Crippen molar-refractivity contribution in [2.24, 2.45) is 0 Å². The number of hydrogen-bond acceptors (Lipinski definition) is 4. The molecule has 4 nitrogen and oxygen atoms in total. The van der Waals surface area contributed by atoms with E-state index in [0.29, 0.717) is 5.95 Å². The molecule has 1 aliphatic rings. The summed E-state index contributed by atoms with van der Waals surface area (Å²) in [4.78, 5) is 11.8. The van der Waals surface area contributed by atoms with Crippen LogP contribution in [-0.2, 0) is 6.42 Å². The molecule has 0 bridgehead atoms. The minimum Gasteiger partial charge on any atom is -0.348 e. The number of nitrogens with zero attached hydrogens (tertiary/aromatic N) is 3. The van der Waals surface area contributed by atoms with E-state index in [2.05, 4.69) is 69.0 Å². The molecule has 28 heavy (non-hydrogen) atoms. The minimum absolute atomic E-state index is 0.260. The summed E-state index contributed by atoms with van der Waals surface area (Å²) in [5.41, 5.74) is 5.62. The lowest BCUT2D eigenvalue weighted by Crippen LogP contribution is -2.37. The lowest BCUT2D eigenvalue weighted by molar-refractivity contribution is 0.626. The highest BCUT2D eigenvalue weighted by atomic mass is 127. The molecule has 3 aromatic rings. The molecule has 2 aromatic carbocycles. The van der Waals surface area contributed by atoms with E-state index in [1.807, 2.05) is 6.92 Å². The normalized spacial score (nSPS) is 16.0. The summed E-state index contributed by atoms with van der Waals surface area (Å²) < 4.78 is 14.2. The molecule has 0 amide bonds. The van der Waals surface area contributed by atoms with Crippen molar-refractivity contribution in [2.75, 3.05) is 21.2 Å². The van der Waals surface area contributed by atoms with Crippen LogP contribution < -0.4 is 10.2 Å². The average molecular weight is 488 g/mol. The van der Waals surface area contributed by atoms with Crippen molar-refractivity contribution in [1.82, 2.24) is 9.97 Å². The van der Waals surface area contributed by atoms with Crippen LogP contribution in [0.1, 0.15) is 28.4 Å². The first-order valence-electron chi connectivity index (χ1n) is 9.35. The van der Waals surface area contributed by atoms with E-state index >= 15 is 0 Å². The van der Waals surface area contributed by atoms with Gasteiger partial charge in [-0.2, -0.15) is 4.98 Å². The molecule has 0 spiro atoms. The molecular weight excluding hydrogens is 466 g/mol. The zero-order valence-electron chi connectivity index (χ0n) is 15.9. The third kappa shape index (κ3) is 3.70. The van der Waals surface area contributed by atoms with Crippen molar-refractivity contribution in [3.05, 3.63) is 76.7 Å². The highest BCUT2D eigenvalue weighted by Gasteiger charge is 2.29. The molecule has 1 atom stereocenters. The summed E-state index contributed by atoms with van der Waals surface area (Å²) in [5, 5.41) is 3.21. The standard InChI is InChI=1S/C22H22FIN4/c1-14-15(2)25-22(26-18-9-7-17(23)8-10-18)27-21(14)28-12-11-16-5-3-4-6-19(16)20(28)13-24/h3-10,20H,11-13H2,1-2H3,(H,25,26,27). The molecule has 144 valence electrons. The highest BCUT2D eigenvalue weighted by Crippen LogP contribution is 2.36. The summed E-state index contributed by atoms with van der Waals surface area (Å²) in [6, 6.07) is 15.2. The fourth-order valence-corrected chi connectivity index (χ4v) is 4.63. The van der Waals surface area contributed by atoms with Crippen LogP contribution in [-0.4, -0.2) is 20.9 Å². The van der Waals surface area contributed by atoms with Crippen molar-refractivity contribution in [3.8, 4) is 0 Å². The van der Waals surface area contributed by atoms with E-state index < -0.39 is 0 Å². The molecule has 6 heteroatoms. The molecule has 0 saturated heterocycles. The second-order valence-electron chi connectivity index (χ2n) is 7.03. The van der Waals surface area contributed by atoms with Gasteiger partial charge in [-0.15, -0.1) is 0 Å². The predicted molar refractivity (Wildman–Crippen MR) is 120 cm³/mol. The largest absolute Gasteiger partial charge is 0.348 e. The molecular formula is C22H22FIN4. The third-order valence-electron chi connectivity index (χ3n) is 5.29. The predicted octanol–water partition coefficient (Wildman–Crippen LogP) is 5.51. The van der Waals surface area contributed by atoms with Crippen LogP contribution in [0.25, 0.3) is 0 Å². The number of hydrogen-bond donors (Lipinski definition) is 1. The maximum Gasteiger partial charge on any atom is 0.229 e. The van der Waals surface area contributed by atoms with E-state index in [4.69, 9.17) is 4.98 Å². The first kappa shape index (κ1) is 19.1. The van der Waals surface area contributed by atoms with Gasteiger partial charge >= 0.3 is 0 Å². The number of benzene rings is 2. The first-order chi connectivity index (χ1) is 13.6. The number of aromatic nitrogens is 2. The van der Waals surface area contributed by atoms with Crippen LogP contribution in [0.4, 0.5) is 21.8 Å². The zero-order valence-corrected chi connectivity index (χ0v) is 18.1. The Kier molecular flexibility index (Phi) is 5.48. The quantitative estimate of drug-likeness (QED) is 0.388. The molecule has 0 aliphatic carbocycles. The van der Waals surface area contributed by atoms with Gasteiger partial charge in [0.1, 0.15) is 11.6 Å². The van der Waals surface area contributed by atoms with Crippen LogP contribution in [0.3, 0.4) is 0 Å². The molecule has 1 aliphatic heterocycles. The summed E-state index contributed by atoms with van der Waals surface area (Å²) in [6.45, 7) is 5.02. The first-order valence-corrected chi connectivity index (χ1v) is 10.9. The van der Waals surface area contributed by atoms with Crippen LogP contribution >= 0.6 is 22.6 Å². The monoisotopic (exact) mass is 488 g/mol. The van der Waals surface area contributed by atoms with E-state index in [-0.39, 0.29) is 11.9 Å². The smallest absolute Gasteiger partial charge is 0.229 e. The van der Waals surface area contributed by atoms with Crippen molar-refractivity contribution < 1.29 is 4.39 Å². The second-order valence-corrected chi connectivity index (χ2v) is 7.91. The van der Waals surface area contributed by atoms with Gasteiger partial charge in [-0.25, -0.2) is 9.37 Å². The molecule has 0 fully saturated rings. The van der Waals surface area contributed by atoms with Gasteiger partial charge < -0.3 is 10.2 Å². The number of rotatable bonds is 4. The summed E-state index contributed by atoms with van der Waals surface area (Å²) in [7, 11) is 0. The maximum absolute atomic E-state index is 13.2. The SMILES string of the molecule is Cc1nc(Nc2ccc(F)cc2)nc(N2CCc3ccccc3C2CI)c1C. The second kappa shape index (κ2) is 8.03. The van der Waals surface area contributed by atoms with E-state index in [1.165, 1.54) is 23.3 Å². The van der Waals surface area contributed by atoms with Crippen LogP contribution in [0.5, 0.6) is 0 Å². The van der Waals surface area contributed by atoms with Crippen molar-refractivity contribution >= 4 is 40.0 Å². The third-order valence-corrected chi connectivity index (χ3v) is 6.13. The number of fused-ring (bicyclic) bond motifs is 1. The minimum atomic E-state index is -0.260. The van der Waals surface area contributed by atoms with Gasteiger partial charge in [0.2, 0.25) is 5.95 Å². The Labute approximate surface area is 178 Å². The zero-order chi connectivity index (χ0) is 19.7. The number of aryl methyl sites for hydroxylation is 1. The average Bonchev–Trinajstić information content (AvgIpc) is 2.71. The Balaban J connectivity index is 1.71. The van der Waals surface area contributed by atoms with Crippen LogP contribution in [0.15, 0.2) is 48.5 Å². The number of alkyl halides is 1. The molecule has 1 aromatic heterocycles. The molecule has 0 saturated carbocycles. The lowest BCUT2D eigenvalue weighted by atomic mass is 9.93. The Bertz CT molecular complexity index is 990. The Hall–Kier alpha value is -2.22. The van der Waals surface area contributed by atoms with E-state index in [1.54, 1.807) is 12.1 Å². The van der Waals surface area contributed by atoms with E-state index in [9.17, 15) is 4.39 Å². The van der Waals surface area contributed by atoms with Gasteiger partial charge in [-0.05, 0) is 55.7 Å². The van der Waals surface area contributed by atoms with Crippen LogP contribution in [0, 0.1) is 19.7 Å². The summed E-state index contributed by atoms with van der Waals surface area (Å²) >= 11 is 2.46. The molecule has 2 heterocycles. The molecule has 4 rings (SSSR count). The summed E-state index contributed by atoms with van der Waals surface area (Å²) in [5.74, 6) is 1.24. The Morgan fingerprint density at radius 2 is 1.86 bits per heavy atom. The number of halogens is 2. The number of nitrogens with one attached hydrogen (secondary N) is 1. The van der Waals surface area contributed by atoms with Crippen molar-refractivity contribution in [2.45, 2.75) is 26.3 Å². The van der Waals surface area contributed by atoms with E-state index in [0.717, 1.165) is 40.2 Å². The van der Waals surface area contributed by atoms with Gasteiger partial charge in [-0.3, -0.25) is 0 Å². The Morgan fingerprint density at radius 3 is 2.61 bits per heavy atom. The van der Waals surface area contributed by atoms with Gasteiger partial charge in [-0.1, -0.05) is 46.9 Å². The maximum atomic E-state index is 13.2. The molecule has 1 unspecified atom stereocenters. The topological polar surface area (TPSA) is 41.1 Å². The van der Waals surface area contributed by atoms with Crippen molar-refractivity contribution in [1.29, 1.82) is 0 Å². The van der Waals surface area contributed by atoms with Gasteiger partial charge in [0.05, 0.1) is 6.04 Å². The van der Waals surface area contributed by atoms with Gasteiger partial charge in [0, 0.05) is 27.9 Å². The van der Waals surface area contributed by atoms with Gasteiger partial charge in [0.15, 0.2) is 0 Å². The van der Waals surface area contributed by atoms with Crippen molar-refractivity contribution in [3.63, 3.8) is 0 Å². The van der Waals surface area contributed by atoms with Gasteiger partial charge in [0.25, 0.3) is 0 Å². The molecule has 1 N–H and O–H groups in total. The summed E-state index contributed by atoms with van der Waals surface area (Å²) in [6.07, 6.45) is 1.01. The van der Waals surface area contributed by atoms with Crippen LogP contribution in [0.2, 0.25) is 0 Å². The molecule has 0 radical (unpaired) electrons. The highest BCUT2D eigenvalue weighted by molar-refractivity contribution is 14.1. The number of anilines is 3.